The zero-order valence-electron chi connectivity index (χ0n) is 14.3. The molecule has 2 unspecified atom stereocenters. The summed E-state index contributed by atoms with van der Waals surface area (Å²) in [6.45, 7) is 1.68. The average molecular weight is 356 g/mol. The molecular formula is C19H20N2O5. The Morgan fingerprint density at radius 1 is 1.15 bits per heavy atom. The van der Waals surface area contributed by atoms with Crippen LogP contribution in [0, 0.1) is 0 Å². The molecule has 0 bridgehead atoms. The van der Waals surface area contributed by atoms with Crippen molar-refractivity contribution in [3.63, 3.8) is 0 Å². The van der Waals surface area contributed by atoms with Crippen LogP contribution in [0.25, 0.3) is 0 Å². The number of hydrogen-bond acceptors (Lipinski definition) is 4. The minimum Gasteiger partial charge on any atom is -0.479 e. The first-order valence-corrected chi connectivity index (χ1v) is 8.19. The summed E-state index contributed by atoms with van der Waals surface area (Å²) in [6, 6.07) is 16.0. The lowest BCUT2D eigenvalue weighted by atomic mass is 9.80. The molecule has 7 heteroatoms. The van der Waals surface area contributed by atoms with Crippen LogP contribution in [0.5, 0.6) is 0 Å². The molecule has 2 aromatic carbocycles. The summed E-state index contributed by atoms with van der Waals surface area (Å²) in [6.07, 6.45) is -1.29. The zero-order chi connectivity index (χ0) is 18.7. The van der Waals surface area contributed by atoms with Crippen molar-refractivity contribution in [1.29, 1.82) is 0 Å². The minimum atomic E-state index is -1.65. The minimum absolute atomic E-state index is 0.0378. The number of aliphatic carboxylic acids is 1. The van der Waals surface area contributed by atoms with E-state index in [1.54, 1.807) is 24.3 Å². The maximum absolute atomic E-state index is 11.9. The highest BCUT2D eigenvalue weighted by molar-refractivity contribution is 5.86. The van der Waals surface area contributed by atoms with Crippen LogP contribution in [0.4, 0.5) is 4.79 Å². The number of amides is 1. The summed E-state index contributed by atoms with van der Waals surface area (Å²) in [5.74, 6) is -1.21. The Kier molecular flexibility index (Phi) is 4.92. The van der Waals surface area contributed by atoms with Crippen LogP contribution < -0.4 is 5.48 Å². The molecule has 26 heavy (non-hydrogen) atoms. The number of nitrogens with one attached hydrogen (secondary N) is 1. The largest absolute Gasteiger partial charge is 0.479 e. The molecule has 136 valence electrons. The van der Waals surface area contributed by atoms with Crippen LogP contribution in [0.3, 0.4) is 0 Å². The lowest BCUT2D eigenvalue weighted by molar-refractivity contribution is -0.151. The molecule has 0 spiro atoms. The molecule has 2 aromatic rings. The lowest BCUT2D eigenvalue weighted by Gasteiger charge is -2.44. The van der Waals surface area contributed by atoms with Gasteiger partial charge in [0.15, 0.2) is 5.54 Å². The van der Waals surface area contributed by atoms with Gasteiger partial charge in [-0.2, -0.15) is 5.48 Å². The van der Waals surface area contributed by atoms with Crippen LogP contribution in [0.15, 0.2) is 54.6 Å². The summed E-state index contributed by atoms with van der Waals surface area (Å²) in [4.78, 5) is 30.1. The molecule has 1 heterocycles. The Bertz CT molecular complexity index is 811. The second kappa shape index (κ2) is 7.15. The van der Waals surface area contributed by atoms with Gasteiger partial charge in [0.1, 0.15) is 0 Å². The maximum Gasteiger partial charge on any atom is 0.408 e. The first-order valence-electron chi connectivity index (χ1n) is 8.19. The molecule has 0 aromatic heterocycles. The second-order valence-corrected chi connectivity index (χ2v) is 6.30. The molecule has 3 rings (SSSR count). The van der Waals surface area contributed by atoms with Crippen LogP contribution in [0.1, 0.15) is 29.7 Å². The van der Waals surface area contributed by atoms with E-state index in [2.05, 4.69) is 5.48 Å². The molecule has 0 saturated carbocycles. The molecule has 1 aliphatic rings. The fraction of sp³-hybridized carbons (Fsp3) is 0.263. The molecule has 3 N–H and O–H groups in total. The molecule has 1 aliphatic heterocycles. The third-order valence-electron chi connectivity index (χ3n) is 4.72. The van der Waals surface area contributed by atoms with E-state index in [9.17, 15) is 19.8 Å². The number of rotatable bonds is 5. The highest BCUT2D eigenvalue weighted by Gasteiger charge is 2.50. The van der Waals surface area contributed by atoms with Crippen molar-refractivity contribution in [2.45, 2.75) is 25.1 Å². The van der Waals surface area contributed by atoms with Gasteiger partial charge in [-0.05, 0) is 23.6 Å². The van der Waals surface area contributed by atoms with E-state index in [4.69, 9.17) is 4.84 Å². The van der Waals surface area contributed by atoms with Crippen LogP contribution in [-0.2, 0) is 21.8 Å². The average Bonchev–Trinajstić information content (AvgIpc) is 2.64. The molecule has 1 amide bonds. The smallest absolute Gasteiger partial charge is 0.408 e. The molecule has 0 radical (unpaired) electrons. The number of carboxylic acid groups (broad SMARTS) is 2. The number of hydroxylamine groups is 1. The number of carboxylic acids is 1. The van der Waals surface area contributed by atoms with Crippen molar-refractivity contribution in [2.75, 3.05) is 6.54 Å². The van der Waals surface area contributed by atoms with Crippen LogP contribution in [-0.4, -0.2) is 33.7 Å². The van der Waals surface area contributed by atoms with Gasteiger partial charge in [0, 0.05) is 6.54 Å². The van der Waals surface area contributed by atoms with Crippen LogP contribution >= 0.6 is 0 Å². The summed E-state index contributed by atoms with van der Waals surface area (Å²) < 4.78 is 0. The van der Waals surface area contributed by atoms with E-state index < -0.39 is 23.6 Å². The van der Waals surface area contributed by atoms with E-state index in [1.165, 1.54) is 6.92 Å². The van der Waals surface area contributed by atoms with Gasteiger partial charge in [-0.25, -0.2) is 9.59 Å². The van der Waals surface area contributed by atoms with E-state index >= 15 is 0 Å². The van der Waals surface area contributed by atoms with E-state index in [0.29, 0.717) is 17.7 Å². The Labute approximate surface area is 150 Å². The Hall–Kier alpha value is -2.90. The lowest BCUT2D eigenvalue weighted by Crippen LogP contribution is -2.58. The standard InChI is InChI=1S/C19H20N2O5/c1-19(17(22)23)15-10-6-5-9-14(15)16(11-21(19)18(24)25)20-26-12-13-7-3-2-4-8-13/h2-10,16,20H,11-12H2,1H3,(H,22,23)(H,24,25). The van der Waals surface area contributed by atoms with Gasteiger partial charge in [0.05, 0.1) is 12.6 Å². The van der Waals surface area contributed by atoms with Crippen molar-refractivity contribution >= 4 is 12.1 Å². The number of benzene rings is 2. The fourth-order valence-electron chi connectivity index (χ4n) is 3.25. The Morgan fingerprint density at radius 3 is 2.46 bits per heavy atom. The number of carbonyl (C=O) groups is 2. The van der Waals surface area contributed by atoms with Gasteiger partial charge < -0.3 is 10.2 Å². The maximum atomic E-state index is 11.9. The molecule has 2 atom stereocenters. The highest BCUT2D eigenvalue weighted by atomic mass is 16.6. The van der Waals surface area contributed by atoms with Crippen molar-refractivity contribution in [2.24, 2.45) is 0 Å². The topological polar surface area (TPSA) is 99.1 Å². The summed E-state index contributed by atoms with van der Waals surface area (Å²) in [5, 5.41) is 19.3. The van der Waals surface area contributed by atoms with Gasteiger partial charge in [0.25, 0.3) is 0 Å². The first-order chi connectivity index (χ1) is 12.4. The van der Waals surface area contributed by atoms with Gasteiger partial charge in [-0.15, -0.1) is 0 Å². The molecule has 0 fully saturated rings. The number of nitrogens with zero attached hydrogens (tertiary/aromatic N) is 1. The van der Waals surface area contributed by atoms with E-state index in [1.807, 2.05) is 30.3 Å². The van der Waals surface area contributed by atoms with Gasteiger partial charge >= 0.3 is 12.1 Å². The predicted octanol–water partition coefficient (Wildman–Crippen LogP) is 2.74. The Balaban J connectivity index is 1.87. The third-order valence-corrected chi connectivity index (χ3v) is 4.72. The molecular weight excluding hydrogens is 336 g/mol. The molecule has 0 aliphatic carbocycles. The second-order valence-electron chi connectivity index (χ2n) is 6.30. The van der Waals surface area contributed by atoms with Crippen molar-refractivity contribution in [3.8, 4) is 0 Å². The van der Waals surface area contributed by atoms with Gasteiger partial charge in [0.2, 0.25) is 0 Å². The fourth-order valence-corrected chi connectivity index (χ4v) is 3.25. The highest BCUT2D eigenvalue weighted by Crippen LogP contribution is 2.39. The first kappa shape index (κ1) is 17.9. The van der Waals surface area contributed by atoms with Crippen LogP contribution in [0.2, 0.25) is 0 Å². The number of fused-ring (bicyclic) bond motifs is 1. The normalized spacial score (nSPS) is 21.9. The summed E-state index contributed by atoms with van der Waals surface area (Å²) in [7, 11) is 0. The van der Waals surface area contributed by atoms with Crippen molar-refractivity contribution in [3.05, 3.63) is 71.3 Å². The summed E-state index contributed by atoms with van der Waals surface area (Å²) in [5.41, 5.74) is 3.35. The van der Waals surface area contributed by atoms with Crippen molar-refractivity contribution in [1.82, 2.24) is 10.4 Å². The predicted molar refractivity (Wildman–Crippen MR) is 93.3 cm³/mol. The number of hydrogen-bond donors (Lipinski definition) is 3. The quantitative estimate of drug-likeness (QED) is 0.713. The zero-order valence-corrected chi connectivity index (χ0v) is 14.3. The third kappa shape index (κ3) is 3.14. The Morgan fingerprint density at radius 2 is 1.81 bits per heavy atom. The van der Waals surface area contributed by atoms with E-state index in [0.717, 1.165) is 10.5 Å². The molecule has 7 nitrogen and oxygen atoms in total. The van der Waals surface area contributed by atoms with Gasteiger partial charge in [-0.3, -0.25) is 9.74 Å². The monoisotopic (exact) mass is 356 g/mol. The summed E-state index contributed by atoms with van der Waals surface area (Å²) >= 11 is 0. The van der Waals surface area contributed by atoms with Crippen molar-refractivity contribution < 1.29 is 24.6 Å². The molecule has 0 saturated heterocycles. The van der Waals surface area contributed by atoms with E-state index in [-0.39, 0.29) is 6.54 Å². The SMILES string of the molecule is CC1(C(=O)O)c2ccccc2C(NOCc2ccccc2)CN1C(=O)O. The van der Waals surface area contributed by atoms with Gasteiger partial charge in [-0.1, -0.05) is 54.6 Å².